The van der Waals surface area contributed by atoms with Gasteiger partial charge in [0.1, 0.15) is 0 Å². The summed E-state index contributed by atoms with van der Waals surface area (Å²) in [7, 11) is 2.09. The van der Waals surface area contributed by atoms with Crippen LogP contribution in [0.1, 0.15) is 23.2 Å². The van der Waals surface area contributed by atoms with Crippen LogP contribution >= 0.6 is 23.2 Å². The molecule has 0 aliphatic carbocycles. The van der Waals surface area contributed by atoms with E-state index < -0.39 is 0 Å². The van der Waals surface area contributed by atoms with Crippen LogP contribution in [-0.2, 0) is 0 Å². The fraction of sp³-hybridized carbons (Fsp3) is 0.462. The number of piperidine rings is 1. The highest BCUT2D eigenvalue weighted by molar-refractivity contribution is 6.43. The van der Waals surface area contributed by atoms with Crippen molar-refractivity contribution in [3.8, 4) is 0 Å². The molecule has 3 nitrogen and oxygen atoms in total. The zero-order valence-corrected chi connectivity index (χ0v) is 11.8. The molecule has 0 unspecified atom stereocenters. The van der Waals surface area contributed by atoms with E-state index in [1.807, 2.05) is 0 Å². The predicted octanol–water partition coefficient (Wildman–Crippen LogP) is 2.82. The van der Waals surface area contributed by atoms with Crippen molar-refractivity contribution in [2.75, 3.05) is 20.1 Å². The summed E-state index contributed by atoms with van der Waals surface area (Å²) in [6.07, 6.45) is 1.95. The third kappa shape index (κ3) is 3.16. The van der Waals surface area contributed by atoms with Crippen LogP contribution in [0.4, 0.5) is 0 Å². The van der Waals surface area contributed by atoms with Gasteiger partial charge in [-0.3, -0.25) is 4.79 Å². The summed E-state index contributed by atoms with van der Waals surface area (Å²) < 4.78 is 0. The molecule has 1 heterocycles. The Labute approximate surface area is 117 Å². The van der Waals surface area contributed by atoms with Crippen molar-refractivity contribution in [3.63, 3.8) is 0 Å². The van der Waals surface area contributed by atoms with Gasteiger partial charge in [-0.1, -0.05) is 29.3 Å². The lowest BCUT2D eigenvalue weighted by atomic mass is 10.0. The lowest BCUT2D eigenvalue weighted by Gasteiger charge is -2.29. The number of amides is 1. The Morgan fingerprint density at radius 2 is 2.00 bits per heavy atom. The molecule has 1 aliphatic heterocycles. The maximum atomic E-state index is 12.1. The number of benzene rings is 1. The molecule has 2 rings (SSSR count). The standard InChI is InChI=1S/C13H16Cl2N2O/c1-17-7-5-9(6-8-17)16-13(18)10-3-2-4-11(14)12(10)15/h2-4,9H,5-8H2,1H3,(H,16,18). The second-order valence-corrected chi connectivity index (χ2v) is 5.44. The topological polar surface area (TPSA) is 32.3 Å². The van der Waals surface area contributed by atoms with Gasteiger partial charge < -0.3 is 10.2 Å². The van der Waals surface area contributed by atoms with Crippen molar-refractivity contribution >= 4 is 29.1 Å². The largest absolute Gasteiger partial charge is 0.349 e. The van der Waals surface area contributed by atoms with E-state index >= 15 is 0 Å². The number of carbonyl (C=O) groups excluding carboxylic acids is 1. The quantitative estimate of drug-likeness (QED) is 0.907. The fourth-order valence-electron chi connectivity index (χ4n) is 2.10. The van der Waals surface area contributed by atoms with Crippen molar-refractivity contribution < 1.29 is 4.79 Å². The van der Waals surface area contributed by atoms with Gasteiger partial charge in [-0.2, -0.15) is 0 Å². The van der Waals surface area contributed by atoms with E-state index in [0.29, 0.717) is 15.6 Å². The monoisotopic (exact) mass is 286 g/mol. The molecule has 5 heteroatoms. The molecule has 98 valence electrons. The highest BCUT2D eigenvalue weighted by Crippen LogP contribution is 2.25. The first-order chi connectivity index (χ1) is 8.58. The molecule has 1 saturated heterocycles. The molecule has 1 aromatic carbocycles. The van der Waals surface area contributed by atoms with E-state index in [9.17, 15) is 4.79 Å². The van der Waals surface area contributed by atoms with Crippen LogP contribution in [0.5, 0.6) is 0 Å². The highest BCUT2D eigenvalue weighted by Gasteiger charge is 2.20. The summed E-state index contributed by atoms with van der Waals surface area (Å²) in [4.78, 5) is 14.4. The van der Waals surface area contributed by atoms with Crippen LogP contribution < -0.4 is 5.32 Å². The number of carbonyl (C=O) groups is 1. The van der Waals surface area contributed by atoms with Gasteiger partial charge in [-0.05, 0) is 45.1 Å². The first-order valence-corrected chi connectivity index (χ1v) is 6.77. The number of nitrogens with zero attached hydrogens (tertiary/aromatic N) is 1. The van der Waals surface area contributed by atoms with Crippen LogP contribution in [-0.4, -0.2) is 37.0 Å². The SMILES string of the molecule is CN1CCC(NC(=O)c2cccc(Cl)c2Cl)CC1. The van der Waals surface area contributed by atoms with Crippen LogP contribution in [0.3, 0.4) is 0 Å². The maximum absolute atomic E-state index is 12.1. The first kappa shape index (κ1) is 13.7. The Kier molecular flexibility index (Phi) is 4.49. The molecule has 1 N–H and O–H groups in total. The van der Waals surface area contributed by atoms with E-state index in [2.05, 4.69) is 17.3 Å². The van der Waals surface area contributed by atoms with Crippen molar-refractivity contribution in [2.24, 2.45) is 0 Å². The third-order valence-corrected chi connectivity index (χ3v) is 4.07. The summed E-state index contributed by atoms with van der Waals surface area (Å²) in [5.74, 6) is -0.142. The summed E-state index contributed by atoms with van der Waals surface area (Å²) in [6.45, 7) is 2.02. The summed E-state index contributed by atoms with van der Waals surface area (Å²) in [5.41, 5.74) is 0.447. The lowest BCUT2D eigenvalue weighted by Crippen LogP contribution is -2.43. The second kappa shape index (κ2) is 5.91. The van der Waals surface area contributed by atoms with E-state index in [0.717, 1.165) is 25.9 Å². The van der Waals surface area contributed by atoms with Gasteiger partial charge in [0.05, 0.1) is 15.6 Å². The average Bonchev–Trinajstić information content (AvgIpc) is 2.35. The fourth-order valence-corrected chi connectivity index (χ4v) is 2.48. The van der Waals surface area contributed by atoms with Crippen molar-refractivity contribution in [1.29, 1.82) is 0 Å². The summed E-state index contributed by atoms with van der Waals surface area (Å²) >= 11 is 11.9. The maximum Gasteiger partial charge on any atom is 0.253 e. The zero-order chi connectivity index (χ0) is 13.1. The minimum absolute atomic E-state index is 0.142. The Bertz CT molecular complexity index is 443. The number of halogens is 2. The van der Waals surface area contributed by atoms with Crippen molar-refractivity contribution in [3.05, 3.63) is 33.8 Å². The zero-order valence-electron chi connectivity index (χ0n) is 10.2. The summed E-state index contributed by atoms with van der Waals surface area (Å²) in [5, 5.41) is 3.75. The lowest BCUT2D eigenvalue weighted by molar-refractivity contribution is 0.0917. The van der Waals surface area contributed by atoms with Gasteiger partial charge in [0.2, 0.25) is 0 Å². The smallest absolute Gasteiger partial charge is 0.253 e. The first-order valence-electron chi connectivity index (χ1n) is 6.01. The Morgan fingerprint density at radius 1 is 1.33 bits per heavy atom. The number of rotatable bonds is 2. The molecule has 18 heavy (non-hydrogen) atoms. The second-order valence-electron chi connectivity index (χ2n) is 4.65. The number of nitrogens with one attached hydrogen (secondary N) is 1. The van der Waals surface area contributed by atoms with Gasteiger partial charge in [-0.25, -0.2) is 0 Å². The number of likely N-dealkylation sites (tertiary alicyclic amines) is 1. The molecule has 1 aromatic rings. The molecule has 0 bridgehead atoms. The highest BCUT2D eigenvalue weighted by atomic mass is 35.5. The van der Waals surface area contributed by atoms with Crippen molar-refractivity contribution in [1.82, 2.24) is 10.2 Å². The van der Waals surface area contributed by atoms with Crippen LogP contribution in [0.2, 0.25) is 10.0 Å². The normalized spacial score (nSPS) is 17.7. The predicted molar refractivity (Wildman–Crippen MR) is 74.4 cm³/mol. The van der Waals surface area contributed by atoms with Crippen LogP contribution in [0, 0.1) is 0 Å². The van der Waals surface area contributed by atoms with Crippen LogP contribution in [0.25, 0.3) is 0 Å². The molecule has 1 aliphatic rings. The van der Waals surface area contributed by atoms with Crippen molar-refractivity contribution in [2.45, 2.75) is 18.9 Å². The average molecular weight is 287 g/mol. The minimum atomic E-state index is -0.142. The molecular weight excluding hydrogens is 271 g/mol. The summed E-state index contributed by atoms with van der Waals surface area (Å²) in [6, 6.07) is 5.33. The van der Waals surface area contributed by atoms with Gasteiger partial charge in [0.15, 0.2) is 0 Å². The number of hydrogen-bond donors (Lipinski definition) is 1. The van der Waals surface area contributed by atoms with Gasteiger partial charge in [0.25, 0.3) is 5.91 Å². The molecule has 0 aromatic heterocycles. The molecule has 0 saturated carbocycles. The minimum Gasteiger partial charge on any atom is -0.349 e. The van der Waals surface area contributed by atoms with Gasteiger partial charge in [-0.15, -0.1) is 0 Å². The van der Waals surface area contributed by atoms with E-state index in [-0.39, 0.29) is 11.9 Å². The van der Waals surface area contributed by atoms with E-state index in [1.165, 1.54) is 0 Å². The molecule has 0 radical (unpaired) electrons. The van der Waals surface area contributed by atoms with Gasteiger partial charge >= 0.3 is 0 Å². The van der Waals surface area contributed by atoms with Crippen LogP contribution in [0.15, 0.2) is 18.2 Å². The molecule has 1 amide bonds. The molecule has 0 spiro atoms. The molecule has 1 fully saturated rings. The Hall–Kier alpha value is -0.770. The Balaban J connectivity index is 2.01. The van der Waals surface area contributed by atoms with Gasteiger partial charge in [0, 0.05) is 6.04 Å². The third-order valence-electron chi connectivity index (χ3n) is 3.25. The number of hydrogen-bond acceptors (Lipinski definition) is 2. The van der Waals surface area contributed by atoms with E-state index in [4.69, 9.17) is 23.2 Å². The molecule has 0 atom stereocenters. The van der Waals surface area contributed by atoms with E-state index in [1.54, 1.807) is 18.2 Å². The molecular formula is C13H16Cl2N2O. The Morgan fingerprint density at radius 3 is 2.67 bits per heavy atom.